The molecule has 0 aromatic carbocycles. The van der Waals surface area contributed by atoms with Crippen molar-refractivity contribution >= 4 is 5.91 Å². The monoisotopic (exact) mass is 139 g/mol. The normalized spacial score (nSPS) is 23.8. The number of nitrogens with zero attached hydrogens (tertiary/aromatic N) is 1. The van der Waals surface area contributed by atoms with Gasteiger partial charge in [0, 0.05) is 6.54 Å². The Kier molecular flexibility index (Phi) is 1.14. The summed E-state index contributed by atoms with van der Waals surface area (Å²) in [4.78, 5) is 10.9. The minimum Gasteiger partial charge on any atom is -0.286 e. The molecule has 1 saturated heterocycles. The van der Waals surface area contributed by atoms with Gasteiger partial charge in [-0.05, 0) is 12.8 Å². The van der Waals surface area contributed by atoms with Gasteiger partial charge in [-0.1, -0.05) is 6.08 Å². The Morgan fingerprint density at radius 2 is 2.50 bits per heavy atom. The highest BCUT2D eigenvalue weighted by Crippen LogP contribution is 2.14. The zero-order chi connectivity index (χ0) is 6.97. The molecule has 0 saturated carbocycles. The summed E-state index contributed by atoms with van der Waals surface area (Å²) in [5.41, 5.74) is 6.07. The molecule has 0 unspecified atom stereocenters. The van der Waals surface area contributed by atoms with Crippen LogP contribution in [-0.4, -0.2) is 17.5 Å². The predicted molar refractivity (Wildman–Crippen MR) is 35.3 cm³/mol. The summed E-state index contributed by atoms with van der Waals surface area (Å²) in [5, 5.41) is 1.84. The van der Waals surface area contributed by atoms with Crippen molar-refractivity contribution in [1.29, 1.82) is 0 Å². The van der Waals surface area contributed by atoms with E-state index in [0.29, 0.717) is 0 Å². The van der Waals surface area contributed by atoms with Crippen molar-refractivity contribution < 1.29 is 4.79 Å². The highest BCUT2D eigenvalue weighted by atomic mass is 16.2. The van der Waals surface area contributed by atoms with Crippen LogP contribution < -0.4 is 11.0 Å². The summed E-state index contributed by atoms with van der Waals surface area (Å²) >= 11 is 0. The molecule has 4 heteroatoms. The van der Waals surface area contributed by atoms with Gasteiger partial charge < -0.3 is 0 Å². The van der Waals surface area contributed by atoms with Gasteiger partial charge in [-0.3, -0.25) is 15.2 Å². The first-order chi connectivity index (χ1) is 4.88. The van der Waals surface area contributed by atoms with Gasteiger partial charge in [0.25, 0.3) is 5.91 Å². The second-order valence-corrected chi connectivity index (χ2v) is 2.45. The summed E-state index contributed by atoms with van der Waals surface area (Å²) in [6, 6.07) is 0. The second-order valence-electron chi connectivity index (χ2n) is 2.45. The van der Waals surface area contributed by atoms with Crippen molar-refractivity contribution in [2.45, 2.75) is 12.8 Å². The Morgan fingerprint density at radius 3 is 3.30 bits per heavy atom. The molecule has 1 amide bonds. The molecule has 0 bridgehead atoms. The maximum absolute atomic E-state index is 10.9. The van der Waals surface area contributed by atoms with Crippen LogP contribution in [0.5, 0.6) is 0 Å². The van der Waals surface area contributed by atoms with Crippen molar-refractivity contribution in [3.8, 4) is 0 Å². The van der Waals surface area contributed by atoms with E-state index >= 15 is 0 Å². The van der Waals surface area contributed by atoms with Crippen LogP contribution >= 0.6 is 0 Å². The van der Waals surface area contributed by atoms with Crippen LogP contribution in [0.2, 0.25) is 0 Å². The van der Waals surface area contributed by atoms with Gasteiger partial charge in [-0.15, -0.1) is 5.53 Å². The van der Waals surface area contributed by atoms with Gasteiger partial charge in [-0.2, -0.15) is 0 Å². The lowest BCUT2D eigenvalue weighted by Crippen LogP contribution is -2.37. The number of amides is 1. The van der Waals surface area contributed by atoms with E-state index in [4.69, 9.17) is 0 Å². The van der Waals surface area contributed by atoms with Crippen LogP contribution in [0.15, 0.2) is 11.8 Å². The Labute approximate surface area is 58.8 Å². The largest absolute Gasteiger partial charge is 0.286 e. The summed E-state index contributed by atoms with van der Waals surface area (Å²) in [6.45, 7) is 0.921. The van der Waals surface area contributed by atoms with E-state index in [-0.39, 0.29) is 5.91 Å². The molecule has 2 N–H and O–H groups in total. The molecular weight excluding hydrogens is 130 g/mol. The maximum atomic E-state index is 10.9. The molecule has 2 rings (SSSR count). The lowest BCUT2D eigenvalue weighted by atomic mass is 10.2. The molecular formula is C6H9N3O. The van der Waals surface area contributed by atoms with Crippen LogP contribution in [0.3, 0.4) is 0 Å². The van der Waals surface area contributed by atoms with Gasteiger partial charge in [-0.25, -0.2) is 0 Å². The number of carbonyl (C=O) groups is 1. The number of carbonyl (C=O) groups excluding carboxylic acids is 1. The van der Waals surface area contributed by atoms with Gasteiger partial charge in [0.05, 0.1) is 0 Å². The van der Waals surface area contributed by atoms with Crippen LogP contribution in [-0.2, 0) is 4.79 Å². The number of hydrogen-bond donors (Lipinski definition) is 2. The predicted octanol–water partition coefficient (Wildman–Crippen LogP) is -0.485. The fourth-order valence-electron chi connectivity index (χ4n) is 1.23. The number of nitrogens with one attached hydrogen (secondary N) is 2. The number of rotatable bonds is 0. The molecule has 0 aliphatic carbocycles. The third kappa shape index (κ3) is 0.690. The lowest BCUT2D eigenvalue weighted by Gasteiger charge is -2.19. The van der Waals surface area contributed by atoms with Crippen molar-refractivity contribution in [3.05, 3.63) is 11.8 Å². The molecule has 2 aliphatic heterocycles. The molecule has 4 nitrogen and oxygen atoms in total. The average molecular weight is 139 g/mol. The fourth-order valence-corrected chi connectivity index (χ4v) is 1.23. The number of hydrogen-bond acceptors (Lipinski definition) is 3. The summed E-state index contributed by atoms with van der Waals surface area (Å²) < 4.78 is 0. The lowest BCUT2D eigenvalue weighted by molar-refractivity contribution is -0.116. The first-order valence-corrected chi connectivity index (χ1v) is 3.41. The van der Waals surface area contributed by atoms with E-state index < -0.39 is 0 Å². The molecule has 0 radical (unpaired) electrons. The maximum Gasteiger partial charge on any atom is 0.284 e. The van der Waals surface area contributed by atoms with Gasteiger partial charge in [0.1, 0.15) is 5.70 Å². The van der Waals surface area contributed by atoms with Crippen LogP contribution in [0, 0.1) is 0 Å². The molecule has 1 fully saturated rings. The second kappa shape index (κ2) is 1.98. The quantitative estimate of drug-likeness (QED) is 0.476. The Bertz CT molecular complexity index is 199. The summed E-state index contributed by atoms with van der Waals surface area (Å²) in [7, 11) is 0. The van der Waals surface area contributed by atoms with Crippen molar-refractivity contribution in [1.82, 2.24) is 16.0 Å². The topological polar surface area (TPSA) is 44.4 Å². The van der Waals surface area contributed by atoms with E-state index in [1.54, 1.807) is 0 Å². The SMILES string of the molecule is O=C1NNN2CCCC=C12. The minimum absolute atomic E-state index is 0.0142. The van der Waals surface area contributed by atoms with E-state index in [0.717, 1.165) is 25.1 Å². The fraction of sp³-hybridized carbons (Fsp3) is 0.500. The van der Waals surface area contributed by atoms with E-state index in [1.165, 1.54) is 0 Å². The molecule has 2 aliphatic rings. The number of fused-ring (bicyclic) bond motifs is 1. The third-order valence-corrected chi connectivity index (χ3v) is 1.75. The van der Waals surface area contributed by atoms with Crippen molar-refractivity contribution in [2.24, 2.45) is 0 Å². The smallest absolute Gasteiger partial charge is 0.284 e. The summed E-state index contributed by atoms with van der Waals surface area (Å²) in [5.74, 6) is -0.0142. The zero-order valence-electron chi connectivity index (χ0n) is 5.55. The first-order valence-electron chi connectivity index (χ1n) is 3.41. The number of hydrazine groups is 2. The van der Waals surface area contributed by atoms with Gasteiger partial charge >= 0.3 is 0 Å². The standard InChI is InChI=1S/C6H9N3O/c10-6-5-3-1-2-4-9(5)8-7-6/h3,8H,1-2,4H2,(H,7,10). The van der Waals surface area contributed by atoms with E-state index in [1.807, 2.05) is 11.1 Å². The molecule has 2 heterocycles. The van der Waals surface area contributed by atoms with Crippen molar-refractivity contribution in [2.75, 3.05) is 6.54 Å². The molecule has 54 valence electrons. The Balaban J connectivity index is 2.27. The van der Waals surface area contributed by atoms with E-state index in [2.05, 4.69) is 11.0 Å². The first kappa shape index (κ1) is 5.73. The third-order valence-electron chi connectivity index (χ3n) is 1.75. The molecule has 0 aromatic rings. The molecule has 10 heavy (non-hydrogen) atoms. The Hall–Kier alpha value is -1.03. The van der Waals surface area contributed by atoms with E-state index in [9.17, 15) is 4.79 Å². The molecule has 0 aromatic heterocycles. The van der Waals surface area contributed by atoms with Crippen LogP contribution in [0.1, 0.15) is 12.8 Å². The highest BCUT2D eigenvalue weighted by molar-refractivity contribution is 5.94. The van der Waals surface area contributed by atoms with Gasteiger partial charge in [0.2, 0.25) is 0 Å². The van der Waals surface area contributed by atoms with Crippen LogP contribution in [0.25, 0.3) is 0 Å². The summed E-state index contributed by atoms with van der Waals surface area (Å²) in [6.07, 6.45) is 4.09. The van der Waals surface area contributed by atoms with Gasteiger partial charge in [0.15, 0.2) is 0 Å². The van der Waals surface area contributed by atoms with Crippen molar-refractivity contribution in [3.63, 3.8) is 0 Å². The molecule has 0 spiro atoms. The number of allylic oxidation sites excluding steroid dienone is 1. The molecule has 0 atom stereocenters. The van der Waals surface area contributed by atoms with Crippen LogP contribution in [0.4, 0.5) is 0 Å². The minimum atomic E-state index is -0.0142. The average Bonchev–Trinajstić information content (AvgIpc) is 2.34. The Morgan fingerprint density at radius 1 is 1.60 bits per heavy atom. The zero-order valence-corrected chi connectivity index (χ0v) is 5.55. The highest BCUT2D eigenvalue weighted by Gasteiger charge is 2.25.